The second-order valence-corrected chi connectivity index (χ2v) is 10.4. The predicted octanol–water partition coefficient (Wildman–Crippen LogP) is 4.47. The number of sulfonamides is 1. The molecule has 2 aromatic carbocycles. The van der Waals surface area contributed by atoms with Gasteiger partial charge in [-0.3, -0.25) is 4.79 Å². The summed E-state index contributed by atoms with van der Waals surface area (Å²) in [6, 6.07) is 13.8. The summed E-state index contributed by atoms with van der Waals surface area (Å²) in [4.78, 5) is 26.8. The molecule has 0 aliphatic carbocycles. The monoisotopic (exact) mass is 497 g/mol. The predicted molar refractivity (Wildman–Crippen MR) is 135 cm³/mol. The molecule has 9 heteroatoms. The van der Waals surface area contributed by atoms with Gasteiger partial charge in [-0.2, -0.15) is 4.31 Å². The minimum absolute atomic E-state index is 0.0667. The van der Waals surface area contributed by atoms with Gasteiger partial charge in [-0.1, -0.05) is 29.8 Å². The number of carbonyl (C=O) groups excluding carboxylic acids is 2. The van der Waals surface area contributed by atoms with E-state index < -0.39 is 16.0 Å². The first-order chi connectivity index (χ1) is 16.5. The molecule has 2 N–H and O–H groups in total. The fourth-order valence-electron chi connectivity index (χ4n) is 3.80. The summed E-state index contributed by atoms with van der Waals surface area (Å²) in [7, 11) is -3.92. The van der Waals surface area contributed by atoms with E-state index in [0.29, 0.717) is 22.6 Å². The SMILES string of the molecule is CCOC(=O)c1[nH]c(C)c(CN(Cc2ccc(C)cc2)S(=O)(=O)c2ccc(NC(C)=O)cc2)c1C. The van der Waals surface area contributed by atoms with Gasteiger partial charge in [0.2, 0.25) is 15.9 Å². The van der Waals surface area contributed by atoms with Crippen molar-refractivity contribution in [2.75, 3.05) is 11.9 Å². The molecule has 1 amide bonds. The number of anilines is 1. The van der Waals surface area contributed by atoms with Crippen LogP contribution in [-0.2, 0) is 32.6 Å². The van der Waals surface area contributed by atoms with E-state index in [-0.39, 0.29) is 30.5 Å². The maximum Gasteiger partial charge on any atom is 0.355 e. The maximum atomic E-state index is 13.7. The number of benzene rings is 2. The highest BCUT2D eigenvalue weighted by Gasteiger charge is 2.28. The summed E-state index contributed by atoms with van der Waals surface area (Å²) < 4.78 is 34.0. The van der Waals surface area contributed by atoms with Crippen LogP contribution >= 0.6 is 0 Å². The third-order valence-electron chi connectivity index (χ3n) is 5.70. The number of rotatable bonds is 9. The summed E-state index contributed by atoms with van der Waals surface area (Å²) in [5, 5.41) is 2.64. The Bertz CT molecular complexity index is 1310. The van der Waals surface area contributed by atoms with Crippen molar-refractivity contribution in [1.82, 2.24) is 9.29 Å². The number of aryl methyl sites for hydroxylation is 2. The third kappa shape index (κ3) is 6.17. The quantitative estimate of drug-likeness (QED) is 0.424. The van der Waals surface area contributed by atoms with Crippen LogP contribution in [0.4, 0.5) is 5.69 Å². The molecule has 0 aliphatic heterocycles. The Morgan fingerprint density at radius 1 is 0.971 bits per heavy atom. The molecule has 186 valence electrons. The molecular formula is C26H31N3O5S. The van der Waals surface area contributed by atoms with Crippen LogP contribution in [0.2, 0.25) is 0 Å². The Kier molecular flexibility index (Phi) is 8.14. The highest BCUT2D eigenvalue weighted by atomic mass is 32.2. The number of aromatic nitrogens is 1. The molecule has 3 rings (SSSR count). The zero-order valence-electron chi connectivity index (χ0n) is 20.6. The number of esters is 1. The van der Waals surface area contributed by atoms with Crippen molar-refractivity contribution in [3.8, 4) is 0 Å². The van der Waals surface area contributed by atoms with Crippen LogP contribution in [0.3, 0.4) is 0 Å². The van der Waals surface area contributed by atoms with E-state index >= 15 is 0 Å². The van der Waals surface area contributed by atoms with Crippen LogP contribution in [0.15, 0.2) is 53.4 Å². The number of nitrogens with one attached hydrogen (secondary N) is 2. The van der Waals surface area contributed by atoms with Crippen molar-refractivity contribution in [1.29, 1.82) is 0 Å². The van der Waals surface area contributed by atoms with Gasteiger partial charge in [-0.05, 0) is 68.7 Å². The van der Waals surface area contributed by atoms with Gasteiger partial charge in [0, 0.05) is 31.4 Å². The average molecular weight is 498 g/mol. The van der Waals surface area contributed by atoms with Gasteiger partial charge in [-0.25, -0.2) is 13.2 Å². The van der Waals surface area contributed by atoms with Crippen LogP contribution in [0, 0.1) is 20.8 Å². The molecule has 35 heavy (non-hydrogen) atoms. The molecule has 0 spiro atoms. The summed E-state index contributed by atoms with van der Waals surface area (Å²) in [5.41, 5.74) is 4.84. The lowest BCUT2D eigenvalue weighted by atomic mass is 10.1. The molecule has 0 radical (unpaired) electrons. The molecule has 0 saturated carbocycles. The summed E-state index contributed by atoms with van der Waals surface area (Å²) in [6.07, 6.45) is 0. The van der Waals surface area contributed by atoms with Crippen molar-refractivity contribution in [2.45, 2.75) is 52.6 Å². The topological polar surface area (TPSA) is 109 Å². The average Bonchev–Trinajstić information content (AvgIpc) is 3.08. The van der Waals surface area contributed by atoms with E-state index in [1.54, 1.807) is 26.0 Å². The van der Waals surface area contributed by atoms with Gasteiger partial charge in [0.25, 0.3) is 0 Å². The molecule has 0 aliphatic rings. The highest BCUT2D eigenvalue weighted by Crippen LogP contribution is 2.27. The Morgan fingerprint density at radius 3 is 2.17 bits per heavy atom. The van der Waals surface area contributed by atoms with E-state index in [9.17, 15) is 18.0 Å². The minimum atomic E-state index is -3.92. The molecule has 1 heterocycles. The molecule has 0 saturated heterocycles. The molecule has 0 bridgehead atoms. The summed E-state index contributed by atoms with van der Waals surface area (Å²) in [5.74, 6) is -0.710. The van der Waals surface area contributed by atoms with Crippen LogP contribution in [0.5, 0.6) is 0 Å². The molecular weight excluding hydrogens is 466 g/mol. The lowest BCUT2D eigenvalue weighted by Gasteiger charge is -2.23. The standard InChI is InChI=1S/C26H31N3O5S/c1-6-34-26(31)25-18(3)24(19(4)27-25)16-29(15-21-9-7-17(2)8-10-21)35(32,33)23-13-11-22(12-14-23)28-20(5)30/h7-14,27H,6,15-16H2,1-5H3,(H,28,30). The van der Waals surface area contributed by atoms with Crippen molar-refractivity contribution < 1.29 is 22.7 Å². The van der Waals surface area contributed by atoms with Crippen LogP contribution in [0.1, 0.15) is 52.3 Å². The number of nitrogens with zero attached hydrogens (tertiary/aromatic N) is 1. The van der Waals surface area contributed by atoms with Gasteiger partial charge >= 0.3 is 5.97 Å². The number of ether oxygens (including phenoxy) is 1. The van der Waals surface area contributed by atoms with Crippen LogP contribution in [-0.4, -0.2) is 36.2 Å². The first-order valence-electron chi connectivity index (χ1n) is 11.3. The van der Waals surface area contributed by atoms with E-state index in [1.165, 1.54) is 23.4 Å². The van der Waals surface area contributed by atoms with Crippen LogP contribution < -0.4 is 5.32 Å². The van der Waals surface area contributed by atoms with E-state index in [2.05, 4.69) is 10.3 Å². The second kappa shape index (κ2) is 10.9. The van der Waals surface area contributed by atoms with Gasteiger partial charge in [-0.15, -0.1) is 0 Å². The smallest absolute Gasteiger partial charge is 0.355 e. The van der Waals surface area contributed by atoms with Gasteiger partial charge in [0.1, 0.15) is 5.69 Å². The number of hydrogen-bond donors (Lipinski definition) is 2. The molecule has 0 unspecified atom stereocenters. The third-order valence-corrected chi connectivity index (χ3v) is 7.50. The number of carbonyl (C=O) groups is 2. The van der Waals surface area contributed by atoms with E-state index in [0.717, 1.165) is 16.7 Å². The fraction of sp³-hybridized carbons (Fsp3) is 0.308. The first kappa shape index (κ1) is 26.2. The summed E-state index contributed by atoms with van der Waals surface area (Å²) >= 11 is 0. The lowest BCUT2D eigenvalue weighted by molar-refractivity contribution is -0.114. The number of aromatic amines is 1. The number of H-pyrrole nitrogens is 1. The second-order valence-electron chi connectivity index (χ2n) is 8.41. The van der Waals surface area contributed by atoms with E-state index in [4.69, 9.17) is 4.74 Å². The minimum Gasteiger partial charge on any atom is -0.461 e. The molecule has 3 aromatic rings. The zero-order valence-corrected chi connectivity index (χ0v) is 21.5. The first-order valence-corrected chi connectivity index (χ1v) is 12.8. The van der Waals surface area contributed by atoms with Gasteiger partial charge in [0.05, 0.1) is 11.5 Å². The van der Waals surface area contributed by atoms with Crippen molar-refractivity contribution in [3.63, 3.8) is 0 Å². The maximum absolute atomic E-state index is 13.7. The van der Waals surface area contributed by atoms with Gasteiger partial charge < -0.3 is 15.0 Å². The van der Waals surface area contributed by atoms with E-state index in [1.807, 2.05) is 38.1 Å². The molecule has 0 fully saturated rings. The largest absolute Gasteiger partial charge is 0.461 e. The molecule has 8 nitrogen and oxygen atoms in total. The Hall–Kier alpha value is -3.43. The van der Waals surface area contributed by atoms with Gasteiger partial charge in [0.15, 0.2) is 0 Å². The molecule has 0 atom stereocenters. The number of hydrogen-bond acceptors (Lipinski definition) is 5. The fourth-order valence-corrected chi connectivity index (χ4v) is 5.19. The normalized spacial score (nSPS) is 11.5. The number of amides is 1. The lowest BCUT2D eigenvalue weighted by Crippen LogP contribution is -2.30. The summed E-state index contributed by atoms with van der Waals surface area (Å²) in [6.45, 7) is 9.14. The van der Waals surface area contributed by atoms with Crippen molar-refractivity contribution in [3.05, 3.63) is 82.2 Å². The highest BCUT2D eigenvalue weighted by molar-refractivity contribution is 7.89. The Labute approximate surface area is 206 Å². The molecule has 1 aromatic heterocycles. The zero-order chi connectivity index (χ0) is 25.8. The Balaban J connectivity index is 2.01. The van der Waals surface area contributed by atoms with Crippen molar-refractivity contribution in [2.24, 2.45) is 0 Å². The van der Waals surface area contributed by atoms with Crippen LogP contribution in [0.25, 0.3) is 0 Å². The Morgan fingerprint density at radius 2 is 1.60 bits per heavy atom. The van der Waals surface area contributed by atoms with Crippen molar-refractivity contribution >= 4 is 27.6 Å².